The molecule has 1 N–H and O–H groups in total. The van der Waals surface area contributed by atoms with Crippen molar-refractivity contribution in [1.29, 1.82) is 0 Å². The molecule has 9 nitrogen and oxygen atoms in total. The van der Waals surface area contributed by atoms with Crippen LogP contribution in [-0.4, -0.2) is 40.3 Å². The lowest BCUT2D eigenvalue weighted by Crippen LogP contribution is -2.29. The molecule has 0 bridgehead atoms. The van der Waals surface area contributed by atoms with E-state index in [4.69, 9.17) is 11.6 Å². The van der Waals surface area contributed by atoms with Crippen LogP contribution >= 0.6 is 25.1 Å². The van der Waals surface area contributed by atoms with Gasteiger partial charge in [-0.15, -0.1) is 0 Å². The molecule has 0 aromatic carbocycles. The van der Waals surface area contributed by atoms with Gasteiger partial charge in [-0.25, -0.2) is 19.5 Å². The molecule has 4 rings (SSSR count). The van der Waals surface area contributed by atoms with E-state index in [9.17, 15) is 4.79 Å². The summed E-state index contributed by atoms with van der Waals surface area (Å²) in [6.07, 6.45) is 6.25. The average Bonchev–Trinajstić information content (AvgIpc) is 3.29. The fraction of sp³-hybridized carbons (Fsp3) is 0.125. The van der Waals surface area contributed by atoms with Crippen molar-refractivity contribution in [2.45, 2.75) is 13.0 Å². The molecule has 0 fully saturated rings. The number of halogens is 1. The quantitative estimate of drug-likeness (QED) is 0.559. The van der Waals surface area contributed by atoms with Gasteiger partial charge in [0.25, 0.3) is 11.9 Å². The minimum absolute atomic E-state index is 0. The molecule has 11 heteroatoms. The number of rotatable bonds is 4. The number of aromatic nitrogens is 7. The van der Waals surface area contributed by atoms with E-state index in [-0.39, 0.29) is 25.1 Å². The van der Waals surface area contributed by atoms with Gasteiger partial charge in [0.05, 0.1) is 16.6 Å². The smallest absolute Gasteiger partial charge is 0.272 e. The second kappa shape index (κ2) is 7.72. The SMILES string of the molecule is C[C@@H](NC(=O)c1cc2ccc(Cl)cn2n1)c1ncnn1-c1ncccn1.S. The Morgan fingerprint density at radius 3 is 2.78 bits per heavy atom. The Morgan fingerprint density at radius 1 is 1.22 bits per heavy atom. The first kappa shape index (κ1) is 18.8. The van der Waals surface area contributed by atoms with Gasteiger partial charge in [-0.2, -0.15) is 28.4 Å². The molecule has 0 radical (unpaired) electrons. The summed E-state index contributed by atoms with van der Waals surface area (Å²) >= 11 is 5.94. The highest BCUT2D eigenvalue weighted by molar-refractivity contribution is 7.59. The number of hydrogen-bond acceptors (Lipinski definition) is 6. The Morgan fingerprint density at radius 2 is 2.00 bits per heavy atom. The van der Waals surface area contributed by atoms with Crippen molar-refractivity contribution in [2.75, 3.05) is 0 Å². The average molecular weight is 403 g/mol. The van der Waals surface area contributed by atoms with Crippen molar-refractivity contribution in [1.82, 2.24) is 39.7 Å². The number of nitrogens with zero attached hydrogens (tertiary/aromatic N) is 7. The zero-order valence-corrected chi connectivity index (χ0v) is 15.9. The van der Waals surface area contributed by atoms with Crippen LogP contribution in [0.15, 0.2) is 49.2 Å². The minimum atomic E-state index is -0.429. The number of amides is 1. The zero-order chi connectivity index (χ0) is 18.1. The summed E-state index contributed by atoms with van der Waals surface area (Å²) in [6.45, 7) is 1.80. The molecule has 1 atom stereocenters. The van der Waals surface area contributed by atoms with Crippen molar-refractivity contribution in [3.05, 3.63) is 65.7 Å². The van der Waals surface area contributed by atoms with Crippen LogP contribution in [0.5, 0.6) is 0 Å². The molecule has 4 aromatic rings. The number of carbonyl (C=O) groups is 1. The van der Waals surface area contributed by atoms with E-state index < -0.39 is 6.04 Å². The van der Waals surface area contributed by atoms with Gasteiger partial charge in [0.2, 0.25) is 0 Å². The standard InChI is InChI=1S/C16H13ClN8O.H2S/c1-10(14-20-9-21-25(14)16-18-5-2-6-19-16)22-15(26)13-7-12-4-3-11(17)8-24(12)23-13;/h2-10H,1H3,(H,22,26);1H2/t10-;/m1./s1. The van der Waals surface area contributed by atoms with E-state index in [1.807, 2.05) is 0 Å². The summed E-state index contributed by atoms with van der Waals surface area (Å²) in [7, 11) is 0. The molecule has 0 aliphatic rings. The predicted molar refractivity (Wildman–Crippen MR) is 103 cm³/mol. The van der Waals surface area contributed by atoms with E-state index >= 15 is 0 Å². The number of hydrogen-bond donors (Lipinski definition) is 1. The lowest BCUT2D eigenvalue weighted by molar-refractivity contribution is 0.0932. The summed E-state index contributed by atoms with van der Waals surface area (Å²) in [5, 5.41) is 11.8. The van der Waals surface area contributed by atoms with E-state index in [2.05, 4.69) is 30.5 Å². The Balaban J connectivity index is 0.00000210. The molecule has 138 valence electrons. The molecule has 0 spiro atoms. The van der Waals surface area contributed by atoms with Gasteiger partial charge in [-0.1, -0.05) is 11.6 Å². The van der Waals surface area contributed by atoms with E-state index in [0.717, 1.165) is 5.52 Å². The van der Waals surface area contributed by atoms with Gasteiger partial charge in [-0.05, 0) is 31.2 Å². The first-order chi connectivity index (χ1) is 12.6. The maximum Gasteiger partial charge on any atom is 0.272 e. The third-order valence-corrected chi connectivity index (χ3v) is 3.93. The van der Waals surface area contributed by atoms with E-state index in [1.54, 1.807) is 54.3 Å². The van der Waals surface area contributed by atoms with E-state index in [1.165, 1.54) is 11.0 Å². The summed E-state index contributed by atoms with van der Waals surface area (Å²) in [4.78, 5) is 25.0. The second-order valence-electron chi connectivity index (χ2n) is 5.52. The van der Waals surface area contributed by atoms with E-state index in [0.29, 0.717) is 16.8 Å². The minimum Gasteiger partial charge on any atom is -0.341 e. The fourth-order valence-electron chi connectivity index (χ4n) is 2.51. The summed E-state index contributed by atoms with van der Waals surface area (Å²) in [5.74, 6) is 0.556. The highest BCUT2D eigenvalue weighted by Crippen LogP contribution is 2.15. The van der Waals surface area contributed by atoms with Crippen molar-refractivity contribution in [2.24, 2.45) is 0 Å². The molecule has 1 amide bonds. The molecule has 0 saturated carbocycles. The lowest BCUT2D eigenvalue weighted by Gasteiger charge is -2.12. The van der Waals surface area contributed by atoms with Gasteiger partial charge < -0.3 is 5.32 Å². The highest BCUT2D eigenvalue weighted by atomic mass is 35.5. The molecule has 0 aliphatic heterocycles. The lowest BCUT2D eigenvalue weighted by atomic mass is 10.3. The topological polar surface area (TPSA) is 103 Å². The van der Waals surface area contributed by atoms with Gasteiger partial charge in [0.1, 0.15) is 6.33 Å². The molecule has 0 unspecified atom stereocenters. The zero-order valence-electron chi connectivity index (χ0n) is 14.1. The predicted octanol–water partition coefficient (Wildman–Crippen LogP) is 1.96. The van der Waals surface area contributed by atoms with Gasteiger partial charge in [0, 0.05) is 18.6 Å². The number of fused-ring (bicyclic) bond motifs is 1. The Labute approximate surface area is 165 Å². The molecule has 4 heterocycles. The molecular formula is C16H15ClN8OS. The van der Waals surface area contributed by atoms with Crippen molar-refractivity contribution in [3.8, 4) is 5.95 Å². The fourth-order valence-corrected chi connectivity index (χ4v) is 2.66. The Bertz CT molecular complexity index is 1080. The van der Waals surface area contributed by atoms with Crippen LogP contribution in [0.3, 0.4) is 0 Å². The van der Waals surface area contributed by atoms with Gasteiger partial charge >= 0.3 is 0 Å². The monoisotopic (exact) mass is 402 g/mol. The van der Waals surface area contributed by atoms with Gasteiger partial charge in [0.15, 0.2) is 11.5 Å². The van der Waals surface area contributed by atoms with Crippen LogP contribution in [0.2, 0.25) is 5.02 Å². The van der Waals surface area contributed by atoms with Crippen LogP contribution in [0.1, 0.15) is 29.3 Å². The van der Waals surface area contributed by atoms with Crippen LogP contribution in [0.4, 0.5) is 0 Å². The third-order valence-electron chi connectivity index (χ3n) is 3.71. The normalized spacial score (nSPS) is 11.8. The molecule has 0 saturated heterocycles. The molecule has 4 aromatic heterocycles. The largest absolute Gasteiger partial charge is 0.341 e. The van der Waals surface area contributed by atoms with Crippen molar-refractivity contribution in [3.63, 3.8) is 0 Å². The maximum absolute atomic E-state index is 12.5. The summed E-state index contributed by atoms with van der Waals surface area (Å²) in [5.41, 5.74) is 1.05. The highest BCUT2D eigenvalue weighted by Gasteiger charge is 2.20. The molecule has 27 heavy (non-hydrogen) atoms. The van der Waals surface area contributed by atoms with Crippen LogP contribution < -0.4 is 5.32 Å². The number of carbonyl (C=O) groups excluding carboxylic acids is 1. The molecule has 0 aliphatic carbocycles. The second-order valence-corrected chi connectivity index (χ2v) is 5.96. The van der Waals surface area contributed by atoms with Crippen LogP contribution in [-0.2, 0) is 0 Å². The summed E-state index contributed by atoms with van der Waals surface area (Å²) < 4.78 is 3.04. The van der Waals surface area contributed by atoms with Crippen molar-refractivity contribution >= 4 is 36.5 Å². The third kappa shape index (κ3) is 3.76. The maximum atomic E-state index is 12.5. The van der Waals surface area contributed by atoms with Gasteiger partial charge in [-0.3, -0.25) is 4.79 Å². The number of pyridine rings is 1. The van der Waals surface area contributed by atoms with Crippen molar-refractivity contribution < 1.29 is 4.79 Å². The number of nitrogens with one attached hydrogen (secondary N) is 1. The first-order valence-corrected chi connectivity index (χ1v) is 8.13. The Hall–Kier alpha value is -2.98. The first-order valence-electron chi connectivity index (χ1n) is 7.75. The van der Waals surface area contributed by atoms with Crippen LogP contribution in [0, 0.1) is 0 Å². The molecular weight excluding hydrogens is 388 g/mol. The summed E-state index contributed by atoms with van der Waals surface area (Å²) in [6, 6.07) is 6.50. The Kier molecular flexibility index (Phi) is 5.38. The van der Waals surface area contributed by atoms with Crippen LogP contribution in [0.25, 0.3) is 11.5 Å².